The van der Waals surface area contributed by atoms with Crippen molar-refractivity contribution in [2.75, 3.05) is 7.11 Å². The van der Waals surface area contributed by atoms with E-state index >= 15 is 0 Å². The van der Waals surface area contributed by atoms with Crippen LogP contribution >= 0.6 is 0 Å². The number of aromatic nitrogens is 2. The molecule has 90 valence electrons. The van der Waals surface area contributed by atoms with Gasteiger partial charge >= 0.3 is 0 Å². The molecule has 0 saturated heterocycles. The second-order valence-electron chi connectivity index (χ2n) is 3.70. The van der Waals surface area contributed by atoms with Crippen molar-refractivity contribution in [3.63, 3.8) is 0 Å². The lowest BCUT2D eigenvalue weighted by molar-refractivity contribution is -0.119. The van der Waals surface area contributed by atoms with Gasteiger partial charge in [-0.25, -0.2) is 4.68 Å². The number of methoxy groups -OCH3 is 1. The van der Waals surface area contributed by atoms with Gasteiger partial charge in [-0.15, -0.1) is 0 Å². The summed E-state index contributed by atoms with van der Waals surface area (Å²) in [5.41, 5.74) is 6.98. The molecule has 0 spiro atoms. The molecule has 6 heteroatoms. The molecular formula is C10H18N4O2. The summed E-state index contributed by atoms with van der Waals surface area (Å²) in [6.45, 7) is 4.13. The Hall–Kier alpha value is -1.56. The Bertz CT molecular complexity index is 386. The molecule has 3 N–H and O–H groups in total. The molecule has 6 nitrogen and oxygen atoms in total. The molecule has 0 aromatic carbocycles. The number of hydrogen-bond acceptors (Lipinski definition) is 4. The predicted octanol–water partition coefficient (Wildman–Crippen LogP) is -0.299. The zero-order valence-corrected chi connectivity index (χ0v) is 10.1. The smallest absolute Gasteiger partial charge is 0.234 e. The van der Waals surface area contributed by atoms with E-state index in [-0.39, 0.29) is 11.9 Å². The van der Waals surface area contributed by atoms with Crippen molar-refractivity contribution >= 4 is 5.91 Å². The number of amides is 1. The number of ether oxygens (including phenoxy) is 1. The first-order valence-corrected chi connectivity index (χ1v) is 5.06. The van der Waals surface area contributed by atoms with Gasteiger partial charge in [0.2, 0.25) is 11.8 Å². The van der Waals surface area contributed by atoms with Gasteiger partial charge in [0.15, 0.2) is 0 Å². The average molecular weight is 226 g/mol. The number of hydrogen-bond donors (Lipinski definition) is 2. The maximum Gasteiger partial charge on any atom is 0.234 e. The van der Waals surface area contributed by atoms with Gasteiger partial charge in [-0.05, 0) is 13.8 Å². The summed E-state index contributed by atoms with van der Waals surface area (Å²) in [6.07, 6.45) is 0. The SMILES string of the molecule is COc1c(CNC(C)C(N)=O)c(C)nn1C. The normalized spacial score (nSPS) is 12.5. The first-order valence-electron chi connectivity index (χ1n) is 5.06. The maximum atomic E-state index is 10.9. The Morgan fingerprint density at radius 1 is 1.69 bits per heavy atom. The van der Waals surface area contributed by atoms with Crippen LogP contribution < -0.4 is 15.8 Å². The van der Waals surface area contributed by atoms with E-state index in [1.165, 1.54) is 0 Å². The van der Waals surface area contributed by atoms with Crippen molar-refractivity contribution in [3.05, 3.63) is 11.3 Å². The number of carbonyl (C=O) groups excluding carboxylic acids is 1. The van der Waals surface area contributed by atoms with E-state index in [2.05, 4.69) is 10.4 Å². The molecule has 0 bridgehead atoms. The molecule has 0 aliphatic rings. The summed E-state index contributed by atoms with van der Waals surface area (Å²) in [7, 11) is 3.41. The lowest BCUT2D eigenvalue weighted by Gasteiger charge is -2.10. The van der Waals surface area contributed by atoms with Crippen LogP contribution in [0.1, 0.15) is 18.2 Å². The molecule has 1 aromatic heterocycles. The molecule has 16 heavy (non-hydrogen) atoms. The lowest BCUT2D eigenvalue weighted by Crippen LogP contribution is -2.38. The monoisotopic (exact) mass is 226 g/mol. The van der Waals surface area contributed by atoms with E-state index in [4.69, 9.17) is 10.5 Å². The largest absolute Gasteiger partial charge is 0.481 e. The molecular weight excluding hydrogens is 208 g/mol. The van der Waals surface area contributed by atoms with E-state index in [1.807, 2.05) is 14.0 Å². The van der Waals surface area contributed by atoms with Crippen LogP contribution in [0.3, 0.4) is 0 Å². The molecule has 1 unspecified atom stereocenters. The highest BCUT2D eigenvalue weighted by atomic mass is 16.5. The second kappa shape index (κ2) is 4.98. The van der Waals surface area contributed by atoms with Gasteiger partial charge in [-0.1, -0.05) is 0 Å². The van der Waals surface area contributed by atoms with Crippen LogP contribution in [0.5, 0.6) is 5.88 Å². The van der Waals surface area contributed by atoms with Crippen LogP contribution in [0.4, 0.5) is 0 Å². The van der Waals surface area contributed by atoms with Crippen LogP contribution in [0.2, 0.25) is 0 Å². The van der Waals surface area contributed by atoms with E-state index in [9.17, 15) is 4.79 Å². The molecule has 1 heterocycles. The Balaban J connectivity index is 2.77. The summed E-state index contributed by atoms with van der Waals surface area (Å²) in [4.78, 5) is 10.9. The summed E-state index contributed by atoms with van der Waals surface area (Å²) in [5, 5.41) is 7.26. The predicted molar refractivity (Wildman–Crippen MR) is 60.0 cm³/mol. The number of rotatable bonds is 5. The minimum atomic E-state index is -0.375. The number of nitrogens with one attached hydrogen (secondary N) is 1. The zero-order valence-electron chi connectivity index (χ0n) is 10.1. The molecule has 0 fully saturated rings. The third kappa shape index (κ3) is 2.52. The highest BCUT2D eigenvalue weighted by molar-refractivity contribution is 5.79. The van der Waals surface area contributed by atoms with Crippen LogP contribution in [0, 0.1) is 6.92 Å². The lowest BCUT2D eigenvalue weighted by atomic mass is 10.2. The van der Waals surface area contributed by atoms with Crippen molar-refractivity contribution in [3.8, 4) is 5.88 Å². The highest BCUT2D eigenvalue weighted by Crippen LogP contribution is 2.20. The van der Waals surface area contributed by atoms with Gasteiger partial charge in [0.05, 0.1) is 24.4 Å². The number of primary amides is 1. The summed E-state index contributed by atoms with van der Waals surface area (Å²) in [6, 6.07) is -0.371. The van der Waals surface area contributed by atoms with E-state index < -0.39 is 0 Å². The summed E-state index contributed by atoms with van der Waals surface area (Å²) >= 11 is 0. The number of aryl methyl sites for hydroxylation is 2. The molecule has 0 aliphatic heterocycles. The summed E-state index contributed by atoms with van der Waals surface area (Å²) in [5.74, 6) is 0.321. The van der Waals surface area contributed by atoms with Gasteiger partial charge < -0.3 is 15.8 Å². The minimum Gasteiger partial charge on any atom is -0.481 e. The Morgan fingerprint density at radius 3 is 2.81 bits per heavy atom. The average Bonchev–Trinajstić information content (AvgIpc) is 2.48. The molecule has 1 amide bonds. The minimum absolute atomic E-state index is 0.371. The second-order valence-corrected chi connectivity index (χ2v) is 3.70. The fraction of sp³-hybridized carbons (Fsp3) is 0.600. The standard InChI is InChI=1S/C10H18N4O2/c1-6-8(5-12-7(2)9(11)15)10(16-4)14(3)13-6/h7,12H,5H2,1-4H3,(H2,11,15). The molecule has 1 rings (SSSR count). The van der Waals surface area contributed by atoms with Crippen molar-refractivity contribution < 1.29 is 9.53 Å². The van der Waals surface area contributed by atoms with Crippen LogP contribution in [0.25, 0.3) is 0 Å². The topological polar surface area (TPSA) is 82.2 Å². The highest BCUT2D eigenvalue weighted by Gasteiger charge is 2.15. The van der Waals surface area contributed by atoms with E-state index in [0.717, 1.165) is 11.3 Å². The van der Waals surface area contributed by atoms with Crippen LogP contribution in [0.15, 0.2) is 0 Å². The van der Waals surface area contributed by atoms with Crippen molar-refractivity contribution in [1.29, 1.82) is 0 Å². The quantitative estimate of drug-likeness (QED) is 0.722. The Morgan fingerprint density at radius 2 is 2.31 bits per heavy atom. The Kier molecular flexibility index (Phi) is 3.89. The Labute approximate surface area is 94.8 Å². The number of nitrogens with zero attached hydrogens (tertiary/aromatic N) is 2. The third-order valence-corrected chi connectivity index (χ3v) is 2.49. The zero-order chi connectivity index (χ0) is 12.3. The van der Waals surface area contributed by atoms with Gasteiger partial charge in [-0.3, -0.25) is 4.79 Å². The molecule has 1 aromatic rings. The van der Waals surface area contributed by atoms with Crippen LogP contribution in [-0.4, -0.2) is 28.8 Å². The van der Waals surface area contributed by atoms with Gasteiger partial charge in [0, 0.05) is 13.6 Å². The first-order chi connectivity index (χ1) is 7.47. The van der Waals surface area contributed by atoms with Crippen molar-refractivity contribution in [1.82, 2.24) is 15.1 Å². The number of nitrogens with two attached hydrogens (primary N) is 1. The van der Waals surface area contributed by atoms with Crippen molar-refractivity contribution in [2.45, 2.75) is 26.4 Å². The van der Waals surface area contributed by atoms with Gasteiger partial charge in [0.1, 0.15) is 0 Å². The van der Waals surface area contributed by atoms with Gasteiger partial charge in [0.25, 0.3) is 0 Å². The van der Waals surface area contributed by atoms with E-state index in [1.54, 1.807) is 18.7 Å². The third-order valence-electron chi connectivity index (χ3n) is 2.49. The molecule has 0 saturated carbocycles. The maximum absolute atomic E-state index is 10.9. The summed E-state index contributed by atoms with van der Waals surface area (Å²) < 4.78 is 6.90. The van der Waals surface area contributed by atoms with Crippen molar-refractivity contribution in [2.24, 2.45) is 12.8 Å². The van der Waals surface area contributed by atoms with Crippen LogP contribution in [-0.2, 0) is 18.4 Å². The fourth-order valence-corrected chi connectivity index (χ4v) is 1.50. The molecule has 0 aliphatic carbocycles. The molecule has 1 atom stereocenters. The fourth-order valence-electron chi connectivity index (χ4n) is 1.50. The first kappa shape index (κ1) is 12.5. The van der Waals surface area contributed by atoms with Gasteiger partial charge in [-0.2, -0.15) is 5.10 Å². The molecule has 0 radical (unpaired) electrons. The number of carbonyl (C=O) groups is 1. The van der Waals surface area contributed by atoms with E-state index in [0.29, 0.717) is 12.4 Å².